The molecule has 4 aromatic rings. The van der Waals surface area contributed by atoms with Gasteiger partial charge < -0.3 is 25.3 Å². The molecule has 10 nitrogen and oxygen atoms in total. The lowest BCUT2D eigenvalue weighted by molar-refractivity contribution is 0.309. The van der Waals surface area contributed by atoms with E-state index in [1.165, 1.54) is 15.4 Å². The van der Waals surface area contributed by atoms with Gasteiger partial charge in [-0.25, -0.2) is 8.42 Å². The predicted molar refractivity (Wildman–Crippen MR) is 143 cm³/mol. The van der Waals surface area contributed by atoms with Gasteiger partial charge in [0.2, 0.25) is 16.0 Å². The molecule has 1 saturated heterocycles. The molecule has 2 aliphatic heterocycles. The highest BCUT2D eigenvalue weighted by molar-refractivity contribution is 7.89. The van der Waals surface area contributed by atoms with Crippen LogP contribution in [-0.2, 0) is 23.0 Å². The molecule has 0 amide bonds. The largest absolute Gasteiger partial charge is 0.495 e. The number of para-hydroxylation sites is 1. The Morgan fingerprint density at radius 2 is 1.84 bits per heavy atom. The van der Waals surface area contributed by atoms with Gasteiger partial charge in [-0.2, -0.15) is 14.3 Å². The lowest BCUT2D eigenvalue weighted by Gasteiger charge is -2.30. The molecule has 0 radical (unpaired) electrons. The zero-order chi connectivity index (χ0) is 25.6. The number of H-pyrrole nitrogens is 1. The molecular formula is C26H29N7O3S. The SMILES string of the molecule is COc1cc2c(cc1Nc1nc(Nc3ccccc3S(=O)(=O)N3CCC3)c3cc[nH]c3n1)CN(C)CC2. The zero-order valence-electron chi connectivity index (χ0n) is 20.8. The van der Waals surface area contributed by atoms with Gasteiger partial charge in [-0.3, -0.25) is 0 Å². The highest BCUT2D eigenvalue weighted by Gasteiger charge is 2.31. The smallest absolute Gasteiger partial charge is 0.245 e. The normalized spacial score (nSPS) is 16.3. The number of hydrogen-bond donors (Lipinski definition) is 3. The molecule has 1 fully saturated rings. The molecule has 11 heteroatoms. The fraction of sp³-hybridized carbons (Fsp3) is 0.308. The van der Waals surface area contributed by atoms with E-state index >= 15 is 0 Å². The van der Waals surface area contributed by atoms with Crippen LogP contribution in [0, 0.1) is 0 Å². The van der Waals surface area contributed by atoms with Crippen LogP contribution in [0.2, 0.25) is 0 Å². The van der Waals surface area contributed by atoms with Gasteiger partial charge in [0, 0.05) is 32.4 Å². The summed E-state index contributed by atoms with van der Waals surface area (Å²) >= 11 is 0. The maximum absolute atomic E-state index is 13.2. The highest BCUT2D eigenvalue weighted by Crippen LogP contribution is 2.35. The Bertz CT molecular complexity index is 1580. The van der Waals surface area contributed by atoms with Crippen molar-refractivity contribution in [3.8, 4) is 5.75 Å². The number of fused-ring (bicyclic) bond motifs is 2. The van der Waals surface area contributed by atoms with E-state index in [2.05, 4.69) is 44.7 Å². The van der Waals surface area contributed by atoms with Crippen molar-refractivity contribution in [3.63, 3.8) is 0 Å². The van der Waals surface area contributed by atoms with Crippen LogP contribution in [-0.4, -0.2) is 66.4 Å². The molecule has 0 aliphatic carbocycles. The maximum atomic E-state index is 13.2. The first-order valence-electron chi connectivity index (χ1n) is 12.3. The second-order valence-electron chi connectivity index (χ2n) is 9.45. The first-order chi connectivity index (χ1) is 17.9. The van der Waals surface area contributed by atoms with E-state index in [9.17, 15) is 8.42 Å². The van der Waals surface area contributed by atoms with E-state index in [0.717, 1.165) is 42.8 Å². The molecule has 4 heterocycles. The van der Waals surface area contributed by atoms with Crippen LogP contribution in [0.15, 0.2) is 53.6 Å². The molecule has 192 valence electrons. The van der Waals surface area contributed by atoms with Crippen LogP contribution in [0.4, 0.5) is 23.1 Å². The van der Waals surface area contributed by atoms with E-state index < -0.39 is 10.0 Å². The van der Waals surface area contributed by atoms with Crippen LogP contribution in [0.3, 0.4) is 0 Å². The van der Waals surface area contributed by atoms with E-state index in [1.54, 1.807) is 37.6 Å². The van der Waals surface area contributed by atoms with Crippen molar-refractivity contribution in [2.24, 2.45) is 0 Å². The van der Waals surface area contributed by atoms with Crippen molar-refractivity contribution in [2.75, 3.05) is 44.4 Å². The van der Waals surface area contributed by atoms with Crippen molar-refractivity contribution in [3.05, 3.63) is 59.8 Å². The molecular weight excluding hydrogens is 490 g/mol. The Kier molecular flexibility index (Phi) is 5.98. The Morgan fingerprint density at radius 3 is 2.62 bits per heavy atom. The second-order valence-corrected chi connectivity index (χ2v) is 11.4. The number of nitrogens with zero attached hydrogens (tertiary/aromatic N) is 4. The summed E-state index contributed by atoms with van der Waals surface area (Å²) < 4.78 is 33.5. The molecule has 3 N–H and O–H groups in total. The van der Waals surface area contributed by atoms with Crippen LogP contribution in [0.5, 0.6) is 5.75 Å². The summed E-state index contributed by atoms with van der Waals surface area (Å²) in [4.78, 5) is 15.0. The quantitative estimate of drug-likeness (QED) is 0.337. The van der Waals surface area contributed by atoms with Gasteiger partial charge >= 0.3 is 0 Å². The minimum absolute atomic E-state index is 0.229. The Labute approximate surface area is 215 Å². The summed E-state index contributed by atoms with van der Waals surface area (Å²) in [6, 6.07) is 13.0. The summed E-state index contributed by atoms with van der Waals surface area (Å²) in [6.07, 6.45) is 3.63. The van der Waals surface area contributed by atoms with Gasteiger partial charge in [0.25, 0.3) is 0 Å². The summed E-state index contributed by atoms with van der Waals surface area (Å²) in [7, 11) is 0.173. The summed E-state index contributed by atoms with van der Waals surface area (Å²) in [5.41, 5.74) is 4.38. The van der Waals surface area contributed by atoms with Gasteiger partial charge in [0.15, 0.2) is 0 Å². The molecule has 0 atom stereocenters. The van der Waals surface area contributed by atoms with Gasteiger partial charge in [-0.05, 0) is 61.3 Å². The topological polar surface area (TPSA) is 115 Å². The van der Waals surface area contributed by atoms with Crippen molar-refractivity contribution < 1.29 is 13.2 Å². The first-order valence-corrected chi connectivity index (χ1v) is 13.7. The highest BCUT2D eigenvalue weighted by atomic mass is 32.2. The Morgan fingerprint density at radius 1 is 1.00 bits per heavy atom. The average Bonchev–Trinajstić information content (AvgIpc) is 3.31. The molecule has 2 aromatic heterocycles. The fourth-order valence-corrected chi connectivity index (χ4v) is 6.46. The molecule has 0 spiro atoms. The lowest BCUT2D eigenvalue weighted by Crippen LogP contribution is -2.42. The van der Waals surface area contributed by atoms with Crippen LogP contribution in [0.1, 0.15) is 17.5 Å². The number of aromatic nitrogens is 3. The molecule has 2 aromatic carbocycles. The number of sulfonamides is 1. The summed E-state index contributed by atoms with van der Waals surface area (Å²) in [6.45, 7) is 2.95. The Balaban J connectivity index is 1.37. The zero-order valence-corrected chi connectivity index (χ0v) is 21.6. The number of ether oxygens (including phenoxy) is 1. The van der Waals surface area contributed by atoms with Crippen molar-refractivity contribution in [2.45, 2.75) is 24.3 Å². The summed E-state index contributed by atoms with van der Waals surface area (Å²) in [5.74, 6) is 1.58. The van der Waals surface area contributed by atoms with Crippen LogP contribution < -0.4 is 15.4 Å². The summed E-state index contributed by atoms with van der Waals surface area (Å²) in [5, 5.41) is 7.34. The van der Waals surface area contributed by atoms with E-state index in [4.69, 9.17) is 9.72 Å². The van der Waals surface area contributed by atoms with Crippen molar-refractivity contribution >= 4 is 44.2 Å². The lowest BCUT2D eigenvalue weighted by atomic mass is 9.99. The number of likely N-dealkylation sites (N-methyl/N-ethyl adjacent to an activating group) is 1. The molecule has 37 heavy (non-hydrogen) atoms. The minimum atomic E-state index is -3.59. The van der Waals surface area contributed by atoms with E-state index in [0.29, 0.717) is 36.2 Å². The number of benzene rings is 2. The molecule has 6 rings (SSSR count). The van der Waals surface area contributed by atoms with Gasteiger partial charge in [-0.1, -0.05) is 12.1 Å². The average molecular weight is 520 g/mol. The monoisotopic (exact) mass is 519 g/mol. The first kappa shape index (κ1) is 23.7. The fourth-order valence-electron chi connectivity index (χ4n) is 4.80. The second kappa shape index (κ2) is 9.33. The number of anilines is 4. The van der Waals surface area contributed by atoms with Crippen molar-refractivity contribution in [1.29, 1.82) is 0 Å². The molecule has 0 bridgehead atoms. The van der Waals surface area contributed by atoms with Crippen LogP contribution in [0.25, 0.3) is 11.0 Å². The molecule has 2 aliphatic rings. The van der Waals surface area contributed by atoms with Gasteiger partial charge in [-0.15, -0.1) is 0 Å². The predicted octanol–water partition coefficient (Wildman–Crippen LogP) is 3.84. The standard InChI is InChI=1S/C26H29N7O3S/c1-32-13-9-17-15-22(36-2)21(14-18(17)16-32)29-26-30-24-19(8-10-27-24)25(31-26)28-20-6-3-4-7-23(20)37(34,35)33-11-5-12-33/h3-4,6-8,10,14-15H,5,9,11-13,16H2,1-2H3,(H3,27,28,29,30,31). The number of nitrogens with one attached hydrogen (secondary N) is 3. The number of rotatable bonds is 7. The van der Waals surface area contributed by atoms with Crippen molar-refractivity contribution in [1.82, 2.24) is 24.2 Å². The maximum Gasteiger partial charge on any atom is 0.245 e. The molecule has 0 unspecified atom stereocenters. The number of hydrogen-bond acceptors (Lipinski definition) is 8. The third-order valence-electron chi connectivity index (χ3n) is 6.96. The third-order valence-corrected chi connectivity index (χ3v) is 8.92. The minimum Gasteiger partial charge on any atom is -0.495 e. The van der Waals surface area contributed by atoms with Crippen LogP contribution >= 0.6 is 0 Å². The Hall–Kier alpha value is -3.67. The van der Waals surface area contributed by atoms with Gasteiger partial charge in [0.1, 0.15) is 22.1 Å². The van der Waals surface area contributed by atoms with Gasteiger partial charge in [0.05, 0.1) is 23.9 Å². The third kappa shape index (κ3) is 4.39. The van der Waals surface area contributed by atoms with E-state index in [1.807, 2.05) is 6.07 Å². The van der Waals surface area contributed by atoms with E-state index in [-0.39, 0.29) is 4.90 Å². The number of methoxy groups -OCH3 is 1. The number of aromatic amines is 1. The molecule has 0 saturated carbocycles.